The summed E-state index contributed by atoms with van der Waals surface area (Å²) in [4.78, 5) is 0. The third kappa shape index (κ3) is 13.1. The van der Waals surface area contributed by atoms with E-state index >= 15 is 0 Å². The molecule has 0 N–H and O–H groups in total. The average molecular weight is 691 g/mol. The largest absolute Gasteiger partial charge is 2.00 e. The summed E-state index contributed by atoms with van der Waals surface area (Å²) in [6, 6.07) is 27.6. The van der Waals surface area contributed by atoms with Gasteiger partial charge >= 0.3 is 27.3 Å². The molecule has 39 heavy (non-hydrogen) atoms. The fourth-order valence-corrected chi connectivity index (χ4v) is 4.39. The van der Waals surface area contributed by atoms with Gasteiger partial charge in [0.1, 0.15) is 22.9 Å². The van der Waals surface area contributed by atoms with Crippen LogP contribution in [0.3, 0.4) is 0 Å². The molecule has 0 fully saturated rings. The summed E-state index contributed by atoms with van der Waals surface area (Å²) >= 11 is 13.3. The second-order valence-electron chi connectivity index (χ2n) is 7.61. The zero-order chi connectivity index (χ0) is 27.0. The number of thioether (sulfide) groups is 2. The Kier molecular flexibility index (Phi) is 16.0. The summed E-state index contributed by atoms with van der Waals surface area (Å²) in [6.45, 7) is 3.68. The quantitative estimate of drug-likeness (QED) is 0.0621. The van der Waals surface area contributed by atoms with Gasteiger partial charge in [0, 0.05) is 11.5 Å². The molecule has 6 nitrogen and oxygen atoms in total. The van der Waals surface area contributed by atoms with Crippen molar-refractivity contribution in [3.8, 4) is 0 Å². The van der Waals surface area contributed by atoms with Crippen molar-refractivity contribution in [2.45, 2.75) is 25.4 Å². The maximum atomic E-state index is 5.22. The first-order chi connectivity index (χ1) is 18.5. The SMILES string of the molecule is C/C(=N\N=C(/[S-])SCc1ccccc1)c1ccco1.C/C(=N\N=C(/[S-])SCc1ccccc1)c1ccco1.[Cd+2]. The first-order valence-electron chi connectivity index (χ1n) is 11.5. The van der Waals surface area contributed by atoms with Crippen molar-refractivity contribution in [3.05, 3.63) is 120 Å². The van der Waals surface area contributed by atoms with Crippen molar-refractivity contribution in [1.29, 1.82) is 0 Å². The topological polar surface area (TPSA) is 75.7 Å². The molecule has 0 amide bonds. The number of hydrogen-bond donors (Lipinski definition) is 0. The molecule has 2 heterocycles. The summed E-state index contributed by atoms with van der Waals surface area (Å²) in [7, 11) is 0. The van der Waals surface area contributed by atoms with E-state index in [4.69, 9.17) is 34.1 Å². The maximum Gasteiger partial charge on any atom is 2.00 e. The van der Waals surface area contributed by atoms with Crippen molar-refractivity contribution in [2.75, 3.05) is 0 Å². The summed E-state index contributed by atoms with van der Waals surface area (Å²) in [6.07, 6.45) is 3.22. The van der Waals surface area contributed by atoms with Crippen LogP contribution in [0.2, 0.25) is 0 Å². The van der Waals surface area contributed by atoms with Crippen LogP contribution in [0.15, 0.2) is 127 Å². The van der Waals surface area contributed by atoms with Crippen molar-refractivity contribution in [1.82, 2.24) is 0 Å². The van der Waals surface area contributed by atoms with Gasteiger partial charge in [-0.2, -0.15) is 20.4 Å². The van der Waals surface area contributed by atoms with Crippen LogP contribution < -0.4 is 0 Å². The van der Waals surface area contributed by atoms with Crippen LogP contribution in [0.5, 0.6) is 0 Å². The van der Waals surface area contributed by atoms with Gasteiger partial charge in [-0.3, -0.25) is 0 Å². The summed E-state index contributed by atoms with van der Waals surface area (Å²) in [5.41, 5.74) is 3.87. The monoisotopic (exact) mass is 692 g/mol. The van der Waals surface area contributed by atoms with E-state index in [9.17, 15) is 0 Å². The third-order valence-electron chi connectivity index (χ3n) is 4.73. The smallest absolute Gasteiger partial charge is 0.752 e. The second-order valence-corrected chi connectivity index (χ2v) is 10.8. The molecule has 0 saturated carbocycles. The fourth-order valence-electron chi connectivity index (χ4n) is 2.80. The Morgan fingerprint density at radius 3 is 1.31 bits per heavy atom. The zero-order valence-electron chi connectivity index (χ0n) is 21.6. The van der Waals surface area contributed by atoms with Crippen LogP contribution in [-0.4, -0.2) is 20.2 Å². The number of rotatable bonds is 8. The first kappa shape index (κ1) is 33.0. The maximum absolute atomic E-state index is 5.22. The van der Waals surface area contributed by atoms with Crippen LogP contribution in [0.25, 0.3) is 0 Å². The Morgan fingerprint density at radius 1 is 0.590 bits per heavy atom. The van der Waals surface area contributed by atoms with E-state index in [0.29, 0.717) is 31.7 Å². The molecule has 0 aliphatic rings. The molecule has 4 aromatic rings. The Balaban J connectivity index is 0.000000267. The third-order valence-corrected chi connectivity index (χ3v) is 7.21. The van der Waals surface area contributed by atoms with Gasteiger partial charge in [-0.15, -0.1) is 23.5 Å². The molecular formula is C28H26CdN4O2S4. The molecule has 0 bridgehead atoms. The van der Waals surface area contributed by atoms with Gasteiger partial charge in [0.15, 0.2) is 0 Å². The van der Waals surface area contributed by atoms with Crippen molar-refractivity contribution in [3.63, 3.8) is 0 Å². The van der Waals surface area contributed by atoms with E-state index in [0.717, 1.165) is 11.5 Å². The Labute approximate surface area is 268 Å². The average Bonchev–Trinajstić information content (AvgIpc) is 3.69. The van der Waals surface area contributed by atoms with Crippen molar-refractivity contribution >= 4 is 69.0 Å². The molecule has 2 aromatic heterocycles. The Hall–Kier alpha value is -2.26. The molecule has 0 saturated heterocycles. The number of furan rings is 2. The van der Waals surface area contributed by atoms with Gasteiger partial charge in [-0.05, 0) is 58.0 Å². The second kappa shape index (κ2) is 18.9. The van der Waals surface area contributed by atoms with E-state index in [2.05, 4.69) is 44.7 Å². The molecule has 0 atom stereocenters. The van der Waals surface area contributed by atoms with E-state index in [1.54, 1.807) is 12.5 Å². The predicted octanol–water partition coefficient (Wildman–Crippen LogP) is 7.68. The van der Waals surface area contributed by atoms with E-state index in [-0.39, 0.29) is 27.3 Å². The van der Waals surface area contributed by atoms with E-state index < -0.39 is 0 Å². The fraction of sp³-hybridized carbons (Fsp3) is 0.143. The number of hydrogen-bond acceptors (Lipinski definition) is 10. The van der Waals surface area contributed by atoms with Crippen LogP contribution in [-0.2, 0) is 64.1 Å². The van der Waals surface area contributed by atoms with E-state index in [1.165, 1.54) is 34.7 Å². The minimum absolute atomic E-state index is 0. The van der Waals surface area contributed by atoms with Gasteiger partial charge in [0.2, 0.25) is 0 Å². The van der Waals surface area contributed by atoms with Crippen molar-refractivity contribution in [2.24, 2.45) is 20.4 Å². The zero-order valence-corrected chi connectivity index (χ0v) is 28.9. The summed E-state index contributed by atoms with van der Waals surface area (Å²) < 4.78 is 11.5. The standard InChI is InChI=1S/2C14H14N2OS2.Cd/c2*1-11(13-8-5-9-17-13)15-16-14(18)19-10-12-6-3-2-4-7-12;/h2*2-9H,10H2,1H3,(H,16,18);/q;;+2/p-2/b2*15-11+;. The molecule has 2 aromatic carbocycles. The first-order valence-corrected chi connectivity index (χ1v) is 14.3. The summed E-state index contributed by atoms with van der Waals surface area (Å²) in [5.74, 6) is 3.02. The molecule has 0 unspecified atom stereocenters. The van der Waals surface area contributed by atoms with Crippen LogP contribution in [0.1, 0.15) is 36.5 Å². The summed E-state index contributed by atoms with van der Waals surface area (Å²) in [5, 5.41) is 16.2. The molecule has 0 aliphatic carbocycles. The van der Waals surface area contributed by atoms with Crippen LogP contribution in [0, 0.1) is 0 Å². The Bertz CT molecular complexity index is 1240. The van der Waals surface area contributed by atoms with Gasteiger partial charge in [0.05, 0.1) is 12.5 Å². The minimum Gasteiger partial charge on any atom is -0.752 e. The molecule has 196 valence electrons. The number of benzene rings is 2. The van der Waals surface area contributed by atoms with E-state index in [1.807, 2.05) is 74.5 Å². The van der Waals surface area contributed by atoms with Crippen LogP contribution >= 0.6 is 23.5 Å². The molecule has 0 aliphatic heterocycles. The minimum atomic E-state index is 0. The normalized spacial score (nSPS) is 12.4. The molecular weight excluding hydrogens is 665 g/mol. The van der Waals surface area contributed by atoms with Gasteiger partial charge < -0.3 is 34.1 Å². The van der Waals surface area contributed by atoms with Gasteiger partial charge in [-0.25, -0.2) is 0 Å². The van der Waals surface area contributed by atoms with Crippen LogP contribution in [0.4, 0.5) is 0 Å². The van der Waals surface area contributed by atoms with Gasteiger partial charge in [-0.1, -0.05) is 60.7 Å². The number of nitrogens with zero attached hydrogens (tertiary/aromatic N) is 4. The molecule has 11 heteroatoms. The Morgan fingerprint density at radius 2 is 0.974 bits per heavy atom. The van der Waals surface area contributed by atoms with Gasteiger partial charge in [0.25, 0.3) is 0 Å². The molecule has 0 radical (unpaired) electrons. The molecule has 0 spiro atoms. The van der Waals surface area contributed by atoms with Crippen molar-refractivity contribution < 1.29 is 36.1 Å². The predicted molar refractivity (Wildman–Crippen MR) is 167 cm³/mol. The molecule has 4 rings (SSSR count).